The summed E-state index contributed by atoms with van der Waals surface area (Å²) in [6, 6.07) is 7.08. The fraction of sp³-hybridized carbons (Fsp3) is 0.647. The standard InChI is InChI=1S/C17H27FN2/c1-19-13-17(11-7-3-4-8-12-17)14-20(2)16-10-6-5-9-15(16)18/h5-6,9-10,19H,3-4,7-8,11-14H2,1-2H3. The van der Waals surface area contributed by atoms with Crippen LogP contribution >= 0.6 is 0 Å². The molecule has 0 radical (unpaired) electrons. The summed E-state index contributed by atoms with van der Waals surface area (Å²) in [6.45, 7) is 1.95. The van der Waals surface area contributed by atoms with Gasteiger partial charge in [-0.15, -0.1) is 0 Å². The van der Waals surface area contributed by atoms with Crippen LogP contribution in [0.1, 0.15) is 38.5 Å². The highest BCUT2D eigenvalue weighted by Crippen LogP contribution is 2.36. The van der Waals surface area contributed by atoms with Crippen molar-refractivity contribution in [2.24, 2.45) is 5.41 Å². The van der Waals surface area contributed by atoms with E-state index in [-0.39, 0.29) is 11.2 Å². The van der Waals surface area contributed by atoms with Gasteiger partial charge in [-0.3, -0.25) is 0 Å². The van der Waals surface area contributed by atoms with Crippen LogP contribution in [-0.4, -0.2) is 27.2 Å². The molecule has 1 aliphatic rings. The molecule has 3 heteroatoms. The number of hydrogen-bond donors (Lipinski definition) is 1. The molecule has 0 saturated heterocycles. The van der Waals surface area contributed by atoms with Crippen molar-refractivity contribution in [1.29, 1.82) is 0 Å². The van der Waals surface area contributed by atoms with E-state index in [4.69, 9.17) is 0 Å². The van der Waals surface area contributed by atoms with Crippen molar-refractivity contribution in [3.8, 4) is 0 Å². The summed E-state index contributed by atoms with van der Waals surface area (Å²) in [5, 5.41) is 3.36. The van der Waals surface area contributed by atoms with Crippen LogP contribution in [0.3, 0.4) is 0 Å². The first-order valence-corrected chi connectivity index (χ1v) is 7.77. The average molecular weight is 278 g/mol. The Kier molecular flexibility index (Phi) is 5.41. The van der Waals surface area contributed by atoms with E-state index >= 15 is 0 Å². The van der Waals surface area contributed by atoms with E-state index in [9.17, 15) is 4.39 Å². The van der Waals surface area contributed by atoms with Gasteiger partial charge in [-0.1, -0.05) is 37.8 Å². The molecule has 1 aromatic rings. The van der Waals surface area contributed by atoms with Crippen molar-refractivity contribution in [3.63, 3.8) is 0 Å². The summed E-state index contributed by atoms with van der Waals surface area (Å²) in [6.07, 6.45) is 7.77. The fourth-order valence-corrected chi connectivity index (χ4v) is 3.59. The molecule has 1 N–H and O–H groups in total. The molecule has 1 aromatic carbocycles. The molecule has 0 amide bonds. The van der Waals surface area contributed by atoms with E-state index in [1.807, 2.05) is 26.2 Å². The van der Waals surface area contributed by atoms with E-state index in [0.29, 0.717) is 5.69 Å². The largest absolute Gasteiger partial charge is 0.372 e. The molecule has 1 aliphatic carbocycles. The maximum Gasteiger partial charge on any atom is 0.146 e. The molecule has 0 atom stereocenters. The molecule has 2 rings (SSSR count). The third-order valence-corrected chi connectivity index (χ3v) is 4.55. The van der Waals surface area contributed by atoms with Crippen molar-refractivity contribution in [1.82, 2.24) is 5.32 Å². The predicted molar refractivity (Wildman–Crippen MR) is 83.7 cm³/mol. The van der Waals surface area contributed by atoms with Crippen LogP contribution in [0.2, 0.25) is 0 Å². The third-order valence-electron chi connectivity index (χ3n) is 4.55. The minimum absolute atomic E-state index is 0.122. The first kappa shape index (κ1) is 15.3. The highest BCUT2D eigenvalue weighted by molar-refractivity contribution is 5.47. The third kappa shape index (κ3) is 3.72. The quantitative estimate of drug-likeness (QED) is 0.824. The molecular formula is C17H27FN2. The summed E-state index contributed by atoms with van der Waals surface area (Å²) >= 11 is 0. The maximum absolute atomic E-state index is 13.9. The van der Waals surface area contributed by atoms with Crippen LogP contribution in [0.5, 0.6) is 0 Å². The Morgan fingerprint density at radius 3 is 2.40 bits per heavy atom. The van der Waals surface area contributed by atoms with Crippen LogP contribution in [-0.2, 0) is 0 Å². The Bertz CT molecular complexity index is 411. The molecule has 0 unspecified atom stereocenters. The molecular weight excluding hydrogens is 251 g/mol. The van der Waals surface area contributed by atoms with Gasteiger partial charge in [-0.25, -0.2) is 4.39 Å². The molecule has 1 saturated carbocycles. The zero-order chi connectivity index (χ0) is 14.4. The van der Waals surface area contributed by atoms with Gasteiger partial charge in [0.25, 0.3) is 0 Å². The molecule has 0 bridgehead atoms. The van der Waals surface area contributed by atoms with Gasteiger partial charge < -0.3 is 10.2 Å². The lowest BCUT2D eigenvalue weighted by Crippen LogP contribution is -2.42. The van der Waals surface area contributed by atoms with Gasteiger partial charge in [0, 0.05) is 25.6 Å². The Hall–Kier alpha value is -1.09. The number of rotatable bonds is 5. The van der Waals surface area contributed by atoms with Gasteiger partial charge in [0.1, 0.15) is 5.82 Å². The number of anilines is 1. The van der Waals surface area contributed by atoms with Gasteiger partial charge in [0.05, 0.1) is 5.69 Å². The number of benzene rings is 1. The molecule has 1 fully saturated rings. The second-order valence-electron chi connectivity index (χ2n) is 6.25. The number of nitrogens with zero attached hydrogens (tertiary/aromatic N) is 1. The molecule has 0 aliphatic heterocycles. The first-order valence-electron chi connectivity index (χ1n) is 7.77. The lowest BCUT2D eigenvalue weighted by atomic mass is 9.79. The van der Waals surface area contributed by atoms with Gasteiger partial charge >= 0.3 is 0 Å². The van der Waals surface area contributed by atoms with E-state index in [0.717, 1.165) is 13.1 Å². The van der Waals surface area contributed by atoms with Crippen molar-refractivity contribution in [2.75, 3.05) is 32.1 Å². The van der Waals surface area contributed by atoms with Crippen molar-refractivity contribution >= 4 is 5.69 Å². The smallest absolute Gasteiger partial charge is 0.146 e. The van der Waals surface area contributed by atoms with E-state index in [1.54, 1.807) is 12.1 Å². The van der Waals surface area contributed by atoms with Crippen molar-refractivity contribution in [2.45, 2.75) is 38.5 Å². The van der Waals surface area contributed by atoms with Gasteiger partial charge in [-0.2, -0.15) is 0 Å². The Morgan fingerprint density at radius 2 is 1.80 bits per heavy atom. The fourth-order valence-electron chi connectivity index (χ4n) is 3.59. The van der Waals surface area contributed by atoms with Crippen molar-refractivity contribution in [3.05, 3.63) is 30.1 Å². The van der Waals surface area contributed by atoms with E-state index in [2.05, 4.69) is 10.2 Å². The highest BCUT2D eigenvalue weighted by atomic mass is 19.1. The van der Waals surface area contributed by atoms with E-state index in [1.165, 1.54) is 38.5 Å². The zero-order valence-electron chi connectivity index (χ0n) is 12.8. The second-order valence-corrected chi connectivity index (χ2v) is 6.25. The Labute approximate surface area is 122 Å². The van der Waals surface area contributed by atoms with Gasteiger partial charge in [0.15, 0.2) is 0 Å². The number of halogens is 1. The topological polar surface area (TPSA) is 15.3 Å². The monoisotopic (exact) mass is 278 g/mol. The van der Waals surface area contributed by atoms with Gasteiger partial charge in [-0.05, 0) is 32.0 Å². The molecule has 112 valence electrons. The number of nitrogens with one attached hydrogen (secondary N) is 1. The summed E-state index contributed by atoms with van der Waals surface area (Å²) in [5.41, 5.74) is 0.995. The Balaban J connectivity index is 2.12. The lowest BCUT2D eigenvalue weighted by Gasteiger charge is -2.37. The second kappa shape index (κ2) is 7.07. The molecule has 0 heterocycles. The molecule has 20 heavy (non-hydrogen) atoms. The summed E-state index contributed by atoms with van der Waals surface area (Å²) in [5.74, 6) is -0.122. The summed E-state index contributed by atoms with van der Waals surface area (Å²) in [4.78, 5) is 2.10. The first-order chi connectivity index (χ1) is 9.67. The Morgan fingerprint density at radius 1 is 1.15 bits per heavy atom. The maximum atomic E-state index is 13.9. The van der Waals surface area contributed by atoms with Crippen LogP contribution in [0.4, 0.5) is 10.1 Å². The van der Waals surface area contributed by atoms with Crippen molar-refractivity contribution < 1.29 is 4.39 Å². The highest BCUT2D eigenvalue weighted by Gasteiger charge is 2.32. The lowest BCUT2D eigenvalue weighted by molar-refractivity contribution is 0.245. The van der Waals surface area contributed by atoms with E-state index < -0.39 is 0 Å². The van der Waals surface area contributed by atoms with Gasteiger partial charge in [0.2, 0.25) is 0 Å². The summed E-state index contributed by atoms with van der Waals surface area (Å²) in [7, 11) is 4.04. The molecule has 0 aromatic heterocycles. The van der Waals surface area contributed by atoms with Crippen LogP contribution in [0.15, 0.2) is 24.3 Å². The SMILES string of the molecule is CNCC1(CN(C)c2ccccc2F)CCCCCC1. The average Bonchev–Trinajstić information content (AvgIpc) is 2.65. The molecule has 0 spiro atoms. The minimum atomic E-state index is -0.122. The van der Waals surface area contributed by atoms with Crippen LogP contribution < -0.4 is 10.2 Å². The normalized spacial score (nSPS) is 18.6. The predicted octanol–water partition coefficient (Wildman–Crippen LogP) is 3.82. The molecule has 2 nitrogen and oxygen atoms in total. The summed E-state index contributed by atoms with van der Waals surface area (Å²) < 4.78 is 13.9. The van der Waals surface area contributed by atoms with Crippen LogP contribution in [0, 0.1) is 11.2 Å². The zero-order valence-corrected chi connectivity index (χ0v) is 12.8. The number of hydrogen-bond acceptors (Lipinski definition) is 2. The number of para-hydroxylation sites is 1. The van der Waals surface area contributed by atoms with Crippen LogP contribution in [0.25, 0.3) is 0 Å². The minimum Gasteiger partial charge on any atom is -0.372 e.